The Morgan fingerprint density at radius 1 is 1.24 bits per heavy atom. The van der Waals surface area contributed by atoms with Gasteiger partial charge in [-0.3, -0.25) is 4.79 Å². The fourth-order valence-electron chi connectivity index (χ4n) is 2.31. The number of amides is 1. The summed E-state index contributed by atoms with van der Waals surface area (Å²) in [5, 5.41) is 0. The first-order valence-electron chi connectivity index (χ1n) is 5.88. The molecule has 1 aromatic carbocycles. The molecule has 0 spiro atoms. The molecule has 1 fully saturated rings. The minimum absolute atomic E-state index is 0.0976. The van der Waals surface area contributed by atoms with Crippen molar-refractivity contribution in [3.8, 4) is 11.5 Å². The van der Waals surface area contributed by atoms with Crippen molar-refractivity contribution >= 4 is 11.6 Å². The molecule has 0 bridgehead atoms. The van der Waals surface area contributed by atoms with Gasteiger partial charge in [-0.15, -0.1) is 0 Å². The van der Waals surface area contributed by atoms with E-state index in [9.17, 15) is 4.79 Å². The van der Waals surface area contributed by atoms with E-state index in [1.165, 1.54) is 0 Å². The maximum absolute atomic E-state index is 12.1. The molecule has 90 valence electrons. The van der Waals surface area contributed by atoms with Gasteiger partial charge in [-0.2, -0.15) is 0 Å². The van der Waals surface area contributed by atoms with Crippen LogP contribution >= 0.6 is 0 Å². The molecule has 4 heteroatoms. The summed E-state index contributed by atoms with van der Waals surface area (Å²) in [6.45, 7) is 5.13. The Balaban J connectivity index is 1.93. The van der Waals surface area contributed by atoms with E-state index in [1.807, 2.05) is 30.0 Å². The first-order valence-corrected chi connectivity index (χ1v) is 5.88. The van der Waals surface area contributed by atoms with Crippen molar-refractivity contribution in [2.45, 2.75) is 13.8 Å². The van der Waals surface area contributed by atoms with E-state index in [4.69, 9.17) is 9.47 Å². The lowest BCUT2D eigenvalue weighted by molar-refractivity contribution is -0.120. The van der Waals surface area contributed by atoms with E-state index in [0.29, 0.717) is 5.92 Å². The van der Waals surface area contributed by atoms with Gasteiger partial charge >= 0.3 is 0 Å². The number of hydrogen-bond donors (Lipinski definition) is 0. The number of anilines is 1. The van der Waals surface area contributed by atoms with E-state index in [0.717, 1.165) is 23.7 Å². The molecule has 3 rings (SSSR count). The Hall–Kier alpha value is -1.71. The average Bonchev–Trinajstić information content (AvgIpc) is 2.89. The molecule has 0 N–H and O–H groups in total. The number of hydrogen-bond acceptors (Lipinski definition) is 3. The zero-order valence-electron chi connectivity index (χ0n) is 9.97. The lowest BCUT2D eigenvalue weighted by Crippen LogP contribution is -2.25. The van der Waals surface area contributed by atoms with Crippen LogP contribution in [0.2, 0.25) is 0 Å². The molecule has 0 aliphatic carbocycles. The maximum Gasteiger partial charge on any atom is 0.231 e. The van der Waals surface area contributed by atoms with E-state index in [2.05, 4.69) is 6.92 Å². The summed E-state index contributed by atoms with van der Waals surface area (Å²) in [7, 11) is 0. The van der Waals surface area contributed by atoms with E-state index < -0.39 is 0 Å². The van der Waals surface area contributed by atoms with Gasteiger partial charge in [-0.25, -0.2) is 0 Å². The van der Waals surface area contributed by atoms with Gasteiger partial charge in [0.15, 0.2) is 11.5 Å². The molecule has 1 saturated heterocycles. The smallest absolute Gasteiger partial charge is 0.231 e. The number of fused-ring (bicyclic) bond motifs is 1. The summed E-state index contributed by atoms with van der Waals surface area (Å²) in [6.07, 6.45) is 0. The lowest BCUT2D eigenvalue weighted by atomic mass is 10.0. The van der Waals surface area contributed by atoms with Crippen LogP contribution in [0.25, 0.3) is 0 Å². The first-order chi connectivity index (χ1) is 8.16. The van der Waals surface area contributed by atoms with Crippen LogP contribution in [0.5, 0.6) is 11.5 Å². The van der Waals surface area contributed by atoms with Gasteiger partial charge in [0.1, 0.15) is 0 Å². The Bertz CT molecular complexity index is 472. The van der Waals surface area contributed by atoms with Gasteiger partial charge in [0.25, 0.3) is 0 Å². The molecule has 0 saturated carbocycles. The maximum atomic E-state index is 12.1. The largest absolute Gasteiger partial charge is 0.454 e. The standard InChI is InChI=1S/C13H15NO3/c1-8-6-14(13(15)9(8)2)10-3-4-11-12(5-10)17-7-16-11/h3-5,8-9H,6-7H2,1-2H3/t8-,9+/m0/s1. The zero-order valence-corrected chi connectivity index (χ0v) is 9.97. The quantitative estimate of drug-likeness (QED) is 0.745. The van der Waals surface area contributed by atoms with Crippen LogP contribution in [-0.4, -0.2) is 19.2 Å². The molecule has 2 atom stereocenters. The zero-order chi connectivity index (χ0) is 12.0. The van der Waals surface area contributed by atoms with Crippen molar-refractivity contribution in [3.63, 3.8) is 0 Å². The fourth-order valence-corrected chi connectivity index (χ4v) is 2.31. The first kappa shape index (κ1) is 10.4. The second-order valence-electron chi connectivity index (χ2n) is 4.75. The molecule has 2 heterocycles. The predicted octanol–water partition coefficient (Wildman–Crippen LogP) is 2.03. The van der Waals surface area contributed by atoms with Gasteiger partial charge in [-0.05, 0) is 18.1 Å². The van der Waals surface area contributed by atoms with Gasteiger partial charge in [-0.1, -0.05) is 13.8 Å². The Morgan fingerprint density at radius 2 is 2.00 bits per heavy atom. The van der Waals surface area contributed by atoms with Crippen LogP contribution in [0.15, 0.2) is 18.2 Å². The Kier molecular flexibility index (Phi) is 2.24. The highest BCUT2D eigenvalue weighted by Gasteiger charge is 2.35. The van der Waals surface area contributed by atoms with Crippen molar-refractivity contribution in [1.29, 1.82) is 0 Å². The van der Waals surface area contributed by atoms with Crippen LogP contribution in [0.1, 0.15) is 13.8 Å². The van der Waals surface area contributed by atoms with Crippen LogP contribution in [-0.2, 0) is 4.79 Å². The molecule has 1 aromatic rings. The lowest BCUT2D eigenvalue weighted by Gasteiger charge is -2.16. The summed E-state index contributed by atoms with van der Waals surface area (Å²) in [4.78, 5) is 13.9. The monoisotopic (exact) mass is 233 g/mol. The number of rotatable bonds is 1. The minimum Gasteiger partial charge on any atom is -0.454 e. The van der Waals surface area contributed by atoms with Crippen molar-refractivity contribution < 1.29 is 14.3 Å². The Labute approximate surface area is 100 Å². The normalized spacial score (nSPS) is 26.7. The van der Waals surface area contributed by atoms with Crippen LogP contribution in [0.4, 0.5) is 5.69 Å². The van der Waals surface area contributed by atoms with Crippen molar-refractivity contribution in [2.75, 3.05) is 18.2 Å². The Morgan fingerprint density at radius 3 is 2.71 bits per heavy atom. The summed E-state index contributed by atoms with van der Waals surface area (Å²) < 4.78 is 10.6. The van der Waals surface area contributed by atoms with Crippen molar-refractivity contribution in [2.24, 2.45) is 11.8 Å². The summed E-state index contributed by atoms with van der Waals surface area (Å²) in [5.74, 6) is 2.16. The highest BCUT2D eigenvalue weighted by Crippen LogP contribution is 2.37. The van der Waals surface area contributed by atoms with Gasteiger partial charge in [0.05, 0.1) is 0 Å². The van der Waals surface area contributed by atoms with Crippen molar-refractivity contribution in [1.82, 2.24) is 0 Å². The topological polar surface area (TPSA) is 38.8 Å². The number of ether oxygens (including phenoxy) is 2. The molecular formula is C13H15NO3. The van der Waals surface area contributed by atoms with Crippen LogP contribution in [0.3, 0.4) is 0 Å². The average molecular weight is 233 g/mol. The number of benzene rings is 1. The second-order valence-corrected chi connectivity index (χ2v) is 4.75. The highest BCUT2D eigenvalue weighted by molar-refractivity contribution is 5.97. The molecule has 1 amide bonds. The van der Waals surface area contributed by atoms with E-state index in [-0.39, 0.29) is 18.6 Å². The highest BCUT2D eigenvalue weighted by atomic mass is 16.7. The van der Waals surface area contributed by atoms with E-state index in [1.54, 1.807) is 0 Å². The van der Waals surface area contributed by atoms with Crippen molar-refractivity contribution in [3.05, 3.63) is 18.2 Å². The predicted molar refractivity (Wildman–Crippen MR) is 63.2 cm³/mol. The summed E-state index contributed by atoms with van der Waals surface area (Å²) >= 11 is 0. The fraction of sp³-hybridized carbons (Fsp3) is 0.462. The number of nitrogens with zero attached hydrogens (tertiary/aromatic N) is 1. The SMILES string of the molecule is C[C@H]1CN(c2ccc3c(c2)OCO3)C(=O)[C@@H]1C. The molecule has 2 aliphatic heterocycles. The molecule has 17 heavy (non-hydrogen) atoms. The second kappa shape index (κ2) is 3.65. The molecular weight excluding hydrogens is 218 g/mol. The summed E-state index contributed by atoms with van der Waals surface area (Å²) in [5.41, 5.74) is 0.899. The molecule has 0 unspecified atom stereocenters. The molecule has 0 aromatic heterocycles. The number of carbonyl (C=O) groups excluding carboxylic acids is 1. The summed E-state index contributed by atoms with van der Waals surface area (Å²) in [6, 6.07) is 5.65. The number of carbonyl (C=O) groups is 1. The van der Waals surface area contributed by atoms with Crippen LogP contribution < -0.4 is 14.4 Å². The third kappa shape index (κ3) is 1.55. The third-order valence-electron chi connectivity index (χ3n) is 3.65. The molecule has 4 nitrogen and oxygen atoms in total. The van der Waals surface area contributed by atoms with Crippen LogP contribution in [0, 0.1) is 11.8 Å². The molecule has 2 aliphatic rings. The molecule has 0 radical (unpaired) electrons. The van der Waals surface area contributed by atoms with Gasteiger partial charge in [0, 0.05) is 24.2 Å². The minimum atomic E-state index is 0.0976. The van der Waals surface area contributed by atoms with Gasteiger partial charge in [0.2, 0.25) is 12.7 Å². The van der Waals surface area contributed by atoms with Gasteiger partial charge < -0.3 is 14.4 Å². The van der Waals surface area contributed by atoms with E-state index >= 15 is 0 Å². The third-order valence-corrected chi connectivity index (χ3v) is 3.65.